The van der Waals surface area contributed by atoms with Gasteiger partial charge in [-0.15, -0.1) is 11.3 Å². The van der Waals surface area contributed by atoms with Crippen molar-refractivity contribution in [1.82, 2.24) is 14.5 Å². The van der Waals surface area contributed by atoms with Gasteiger partial charge in [0.1, 0.15) is 10.8 Å². The lowest BCUT2D eigenvalue weighted by Crippen LogP contribution is -2.45. The lowest BCUT2D eigenvalue weighted by atomic mass is 10.1. The molecule has 0 unspecified atom stereocenters. The van der Waals surface area contributed by atoms with E-state index in [2.05, 4.69) is 4.98 Å². The summed E-state index contributed by atoms with van der Waals surface area (Å²) in [7, 11) is 0. The van der Waals surface area contributed by atoms with Crippen LogP contribution in [0.2, 0.25) is 5.02 Å². The average molecular weight is 446 g/mol. The minimum absolute atomic E-state index is 0.0414. The highest BCUT2D eigenvalue weighted by atomic mass is 35.5. The molecule has 30 heavy (non-hydrogen) atoms. The zero-order valence-electron chi connectivity index (χ0n) is 15.8. The van der Waals surface area contributed by atoms with Crippen LogP contribution < -0.4 is 5.43 Å². The molecule has 2 aliphatic heterocycles. The maximum absolute atomic E-state index is 14.2. The Morgan fingerprint density at radius 3 is 3.00 bits per heavy atom. The number of fused-ring (bicyclic) bond motifs is 2. The molecule has 4 heterocycles. The predicted octanol–water partition coefficient (Wildman–Crippen LogP) is 3.68. The number of pyridine rings is 1. The number of aromatic nitrogens is 2. The van der Waals surface area contributed by atoms with Crippen LogP contribution >= 0.6 is 22.9 Å². The first-order valence-electron chi connectivity index (χ1n) is 9.59. The van der Waals surface area contributed by atoms with Crippen molar-refractivity contribution >= 4 is 28.8 Å². The molecule has 1 aromatic carbocycles. The number of carbonyl (C=O) groups is 1. The number of aromatic hydroxyl groups is 1. The number of thiazole rings is 1. The minimum Gasteiger partial charge on any atom is -0.503 e. The van der Waals surface area contributed by atoms with E-state index >= 15 is 0 Å². The van der Waals surface area contributed by atoms with Gasteiger partial charge in [0.05, 0.1) is 16.6 Å². The van der Waals surface area contributed by atoms with E-state index in [1.807, 2.05) is 0 Å². The number of rotatable bonds is 3. The number of hydrogen-bond acceptors (Lipinski definition) is 5. The van der Waals surface area contributed by atoms with Crippen LogP contribution in [0.25, 0.3) is 10.6 Å². The van der Waals surface area contributed by atoms with Crippen molar-refractivity contribution in [1.29, 1.82) is 0 Å². The van der Waals surface area contributed by atoms with Crippen LogP contribution in [0.4, 0.5) is 4.39 Å². The molecule has 1 N–H and O–H groups in total. The van der Waals surface area contributed by atoms with Crippen LogP contribution in [0.1, 0.15) is 33.8 Å². The van der Waals surface area contributed by atoms with Gasteiger partial charge in [0, 0.05) is 36.8 Å². The fourth-order valence-corrected chi connectivity index (χ4v) is 5.35. The number of nitrogens with zero attached hydrogens (tertiary/aromatic N) is 3. The van der Waals surface area contributed by atoms with E-state index in [1.165, 1.54) is 17.4 Å². The van der Waals surface area contributed by atoms with Crippen LogP contribution in [0.5, 0.6) is 5.75 Å². The number of benzene rings is 1. The highest BCUT2D eigenvalue weighted by Gasteiger charge is 2.38. The monoisotopic (exact) mass is 445 g/mol. The Morgan fingerprint density at radius 2 is 2.17 bits per heavy atom. The summed E-state index contributed by atoms with van der Waals surface area (Å²) >= 11 is 7.10. The summed E-state index contributed by atoms with van der Waals surface area (Å²) in [5.41, 5.74) is 0.0923. The zero-order chi connectivity index (χ0) is 21.0. The van der Waals surface area contributed by atoms with Gasteiger partial charge in [-0.1, -0.05) is 23.7 Å². The Labute approximate surface area is 180 Å². The normalized spacial score (nSPS) is 17.9. The molecular formula is C21H17ClFN3O3S. The van der Waals surface area contributed by atoms with Crippen molar-refractivity contribution < 1.29 is 14.3 Å². The molecule has 154 valence electrons. The second-order valence-electron chi connectivity index (χ2n) is 7.54. The van der Waals surface area contributed by atoms with Gasteiger partial charge in [0.25, 0.3) is 5.91 Å². The van der Waals surface area contributed by atoms with Crippen LogP contribution in [-0.2, 0) is 13.0 Å². The molecule has 1 fully saturated rings. The van der Waals surface area contributed by atoms with E-state index in [9.17, 15) is 19.1 Å². The molecule has 1 atom stereocenters. The first kappa shape index (κ1) is 19.3. The molecule has 0 spiro atoms. The van der Waals surface area contributed by atoms with E-state index in [0.717, 1.165) is 17.7 Å². The van der Waals surface area contributed by atoms with Crippen LogP contribution in [0.3, 0.4) is 0 Å². The second kappa shape index (κ2) is 7.21. The van der Waals surface area contributed by atoms with Crippen molar-refractivity contribution in [2.24, 2.45) is 0 Å². The van der Waals surface area contributed by atoms with Crippen molar-refractivity contribution in [3.8, 4) is 16.3 Å². The Hall–Kier alpha value is -2.71. The maximum Gasteiger partial charge on any atom is 0.274 e. The molecule has 2 aliphatic rings. The van der Waals surface area contributed by atoms with Gasteiger partial charge in [-0.25, -0.2) is 9.37 Å². The summed E-state index contributed by atoms with van der Waals surface area (Å²) in [5.74, 6) is -1.32. The van der Waals surface area contributed by atoms with E-state index in [0.29, 0.717) is 23.7 Å². The number of halogens is 2. The summed E-state index contributed by atoms with van der Waals surface area (Å²) in [5, 5.41) is 11.0. The molecule has 9 heteroatoms. The van der Waals surface area contributed by atoms with Crippen molar-refractivity contribution in [2.45, 2.75) is 31.8 Å². The van der Waals surface area contributed by atoms with E-state index in [1.54, 1.807) is 34.0 Å². The van der Waals surface area contributed by atoms with Gasteiger partial charge in [-0.2, -0.15) is 0 Å². The molecule has 1 saturated heterocycles. The molecule has 0 bridgehead atoms. The Balaban J connectivity index is 1.52. The number of amides is 1. The highest BCUT2D eigenvalue weighted by Crippen LogP contribution is 2.33. The highest BCUT2D eigenvalue weighted by molar-refractivity contribution is 7.15. The fourth-order valence-electron chi connectivity index (χ4n) is 4.21. The predicted molar refractivity (Wildman–Crippen MR) is 112 cm³/mol. The molecular weight excluding hydrogens is 429 g/mol. The maximum atomic E-state index is 14.2. The van der Waals surface area contributed by atoms with Crippen LogP contribution in [0.15, 0.2) is 35.4 Å². The number of hydrogen-bond donors (Lipinski definition) is 1. The smallest absolute Gasteiger partial charge is 0.274 e. The first-order valence-corrected chi connectivity index (χ1v) is 10.8. The van der Waals surface area contributed by atoms with Crippen LogP contribution in [-0.4, -0.2) is 38.1 Å². The first-order chi connectivity index (χ1) is 14.4. The van der Waals surface area contributed by atoms with E-state index < -0.39 is 17.0 Å². The molecule has 0 saturated carbocycles. The molecule has 3 aromatic rings. The quantitative estimate of drug-likeness (QED) is 0.667. The minimum atomic E-state index is -0.623. The molecule has 0 radical (unpaired) electrons. The van der Waals surface area contributed by atoms with Crippen molar-refractivity contribution in [3.63, 3.8) is 0 Å². The van der Waals surface area contributed by atoms with Gasteiger partial charge >= 0.3 is 0 Å². The largest absolute Gasteiger partial charge is 0.503 e. The van der Waals surface area contributed by atoms with Crippen LogP contribution in [0, 0.1) is 5.82 Å². The lowest BCUT2D eigenvalue weighted by Gasteiger charge is -2.32. The summed E-state index contributed by atoms with van der Waals surface area (Å²) in [6.45, 7) is 1.18. The molecule has 5 rings (SSSR count). The molecule has 6 nitrogen and oxygen atoms in total. The summed E-state index contributed by atoms with van der Waals surface area (Å²) < 4.78 is 15.9. The number of carbonyl (C=O) groups excluding carboxylic acids is 1. The van der Waals surface area contributed by atoms with Gasteiger partial charge in [-0.3, -0.25) is 9.59 Å². The third-order valence-corrected chi connectivity index (χ3v) is 7.01. The molecule has 0 aliphatic carbocycles. The SMILES string of the molecule is O=C1c2c(O)c(=O)c(-c3ncc(Cc4cccc(Cl)c4F)s3)cn2C[C@@H]2CCCN12. The van der Waals surface area contributed by atoms with Gasteiger partial charge < -0.3 is 14.6 Å². The van der Waals surface area contributed by atoms with Gasteiger partial charge in [0.2, 0.25) is 5.43 Å². The standard InChI is InChI=1S/C21H17ClFN3O3S/c22-15-5-1-3-11(16(15)23)7-13-8-24-20(30-13)14-10-25-9-12-4-2-6-26(12)21(29)17(25)19(28)18(14)27/h1,3,5,8,10,12,28H,2,4,6-7,9H2/t12-/m0/s1. The summed E-state index contributed by atoms with van der Waals surface area (Å²) in [4.78, 5) is 32.3. The Bertz CT molecular complexity index is 1240. The lowest BCUT2D eigenvalue weighted by molar-refractivity contribution is 0.0661. The average Bonchev–Trinajstić information content (AvgIpc) is 3.38. The van der Waals surface area contributed by atoms with E-state index in [-0.39, 0.29) is 34.6 Å². The summed E-state index contributed by atoms with van der Waals surface area (Å²) in [6, 6.07) is 4.90. The van der Waals surface area contributed by atoms with Crippen molar-refractivity contribution in [2.75, 3.05) is 6.54 Å². The fraction of sp³-hybridized carbons (Fsp3) is 0.286. The zero-order valence-corrected chi connectivity index (χ0v) is 17.3. The third-order valence-electron chi connectivity index (χ3n) is 5.68. The van der Waals surface area contributed by atoms with Crippen molar-refractivity contribution in [3.05, 3.63) is 67.8 Å². The Morgan fingerprint density at radius 1 is 1.33 bits per heavy atom. The van der Waals surface area contributed by atoms with Gasteiger partial charge in [0.15, 0.2) is 11.4 Å². The van der Waals surface area contributed by atoms with Gasteiger partial charge in [-0.05, 0) is 24.5 Å². The topological polar surface area (TPSA) is 75.4 Å². The summed E-state index contributed by atoms with van der Waals surface area (Å²) in [6.07, 6.45) is 5.30. The molecule has 2 aromatic heterocycles. The third kappa shape index (κ3) is 3.02. The van der Waals surface area contributed by atoms with E-state index in [4.69, 9.17) is 11.6 Å². The Kier molecular flexibility index (Phi) is 4.63. The second-order valence-corrected chi connectivity index (χ2v) is 9.06. The molecule has 1 amide bonds.